The second-order valence-electron chi connectivity index (χ2n) is 4.56. The predicted molar refractivity (Wildman–Crippen MR) is 87.4 cm³/mol. The Morgan fingerprint density at radius 2 is 1.76 bits per heavy atom. The van der Waals surface area contributed by atoms with Crippen LogP contribution in [0.1, 0.15) is 15.9 Å². The molecule has 0 aliphatic carbocycles. The molecule has 2 aromatic rings. The summed E-state index contributed by atoms with van der Waals surface area (Å²) in [6.45, 7) is 1.95. The molecule has 0 aliphatic rings. The minimum atomic E-state index is -0.328. The van der Waals surface area contributed by atoms with Crippen molar-refractivity contribution in [2.24, 2.45) is 0 Å². The van der Waals surface area contributed by atoms with Crippen LogP contribution in [0.15, 0.2) is 65.2 Å². The van der Waals surface area contributed by atoms with Crippen LogP contribution in [0, 0.1) is 6.92 Å². The maximum absolute atomic E-state index is 11.9. The summed E-state index contributed by atoms with van der Waals surface area (Å²) < 4.78 is 0.903. The highest BCUT2D eigenvalue weighted by atomic mass is 79.9. The predicted octanol–water partition coefficient (Wildman–Crippen LogP) is 4.14. The van der Waals surface area contributed by atoms with Crippen LogP contribution in [0.4, 0.5) is 5.69 Å². The fraction of sp³-hybridized carbons (Fsp3) is 0.0588. The van der Waals surface area contributed by atoms with E-state index in [0.717, 1.165) is 10.0 Å². The van der Waals surface area contributed by atoms with Crippen LogP contribution in [0.25, 0.3) is 0 Å². The number of hydrogen-bond donors (Lipinski definition) is 1. The minimum absolute atomic E-state index is 0.207. The molecule has 2 aromatic carbocycles. The van der Waals surface area contributed by atoms with E-state index in [2.05, 4.69) is 21.2 Å². The number of hydrogen-bond acceptors (Lipinski definition) is 2. The third-order valence-corrected chi connectivity index (χ3v) is 3.33. The molecule has 4 heteroatoms. The Bertz CT molecular complexity index is 690. The summed E-state index contributed by atoms with van der Waals surface area (Å²) >= 11 is 3.31. The number of anilines is 1. The molecule has 2 rings (SSSR count). The van der Waals surface area contributed by atoms with Crippen molar-refractivity contribution in [1.29, 1.82) is 0 Å². The fourth-order valence-electron chi connectivity index (χ4n) is 1.77. The van der Waals surface area contributed by atoms with Gasteiger partial charge in [0.1, 0.15) is 0 Å². The summed E-state index contributed by atoms with van der Waals surface area (Å²) in [5, 5.41) is 2.71. The lowest BCUT2D eigenvalue weighted by Crippen LogP contribution is -2.08. The van der Waals surface area contributed by atoms with Crippen LogP contribution in [-0.2, 0) is 4.79 Å². The topological polar surface area (TPSA) is 46.2 Å². The molecule has 0 aromatic heterocycles. The van der Waals surface area contributed by atoms with Gasteiger partial charge in [0.05, 0.1) is 0 Å². The Labute approximate surface area is 131 Å². The number of halogens is 1. The molecule has 0 bridgehead atoms. The number of rotatable bonds is 4. The largest absolute Gasteiger partial charge is 0.323 e. The van der Waals surface area contributed by atoms with Crippen LogP contribution in [0.5, 0.6) is 0 Å². The highest BCUT2D eigenvalue weighted by Crippen LogP contribution is 2.12. The molecule has 0 spiro atoms. The Kier molecular flexibility index (Phi) is 5.06. The van der Waals surface area contributed by atoms with Crippen molar-refractivity contribution < 1.29 is 9.59 Å². The highest BCUT2D eigenvalue weighted by Gasteiger charge is 2.03. The number of aryl methyl sites for hydroxylation is 1. The van der Waals surface area contributed by atoms with E-state index >= 15 is 0 Å². The molecule has 0 heterocycles. The second kappa shape index (κ2) is 6.99. The first-order valence-electron chi connectivity index (χ1n) is 6.40. The zero-order valence-electron chi connectivity index (χ0n) is 11.5. The van der Waals surface area contributed by atoms with Crippen LogP contribution in [0.3, 0.4) is 0 Å². The number of nitrogens with one attached hydrogen (secondary N) is 1. The van der Waals surface area contributed by atoms with Gasteiger partial charge in [-0.2, -0.15) is 0 Å². The maximum atomic E-state index is 11.9. The first kappa shape index (κ1) is 15.2. The number of carbonyl (C=O) groups excluding carboxylic acids is 2. The van der Waals surface area contributed by atoms with Gasteiger partial charge >= 0.3 is 0 Å². The van der Waals surface area contributed by atoms with Gasteiger partial charge < -0.3 is 5.32 Å². The summed E-state index contributed by atoms with van der Waals surface area (Å²) in [7, 11) is 0. The summed E-state index contributed by atoms with van der Waals surface area (Å²) in [4.78, 5) is 23.6. The van der Waals surface area contributed by atoms with Crippen LogP contribution in [-0.4, -0.2) is 11.7 Å². The molecule has 0 fully saturated rings. The summed E-state index contributed by atoms with van der Waals surface area (Å²) in [5.41, 5.74) is 2.31. The normalized spacial score (nSPS) is 10.6. The lowest BCUT2D eigenvalue weighted by atomic mass is 10.1. The number of benzene rings is 2. The van der Waals surface area contributed by atoms with E-state index in [9.17, 15) is 9.59 Å². The lowest BCUT2D eigenvalue weighted by Gasteiger charge is -2.02. The maximum Gasteiger partial charge on any atom is 0.248 e. The number of carbonyl (C=O) groups is 2. The first-order chi connectivity index (χ1) is 10.0. The van der Waals surface area contributed by atoms with E-state index in [0.29, 0.717) is 11.3 Å². The molecular formula is C17H14BrNO2. The van der Waals surface area contributed by atoms with Crippen molar-refractivity contribution in [2.45, 2.75) is 6.92 Å². The molecule has 0 radical (unpaired) electrons. The summed E-state index contributed by atoms with van der Waals surface area (Å²) in [5.74, 6) is -0.534. The van der Waals surface area contributed by atoms with Crippen LogP contribution >= 0.6 is 15.9 Å². The Morgan fingerprint density at radius 1 is 1.05 bits per heavy atom. The second-order valence-corrected chi connectivity index (χ2v) is 5.48. The monoisotopic (exact) mass is 343 g/mol. The van der Waals surface area contributed by atoms with Gasteiger partial charge in [0.15, 0.2) is 5.78 Å². The molecule has 0 saturated carbocycles. The van der Waals surface area contributed by atoms with E-state index in [1.54, 1.807) is 30.3 Å². The zero-order valence-corrected chi connectivity index (χ0v) is 13.1. The Balaban J connectivity index is 1.98. The molecule has 0 aliphatic heterocycles. The number of allylic oxidation sites excluding steroid dienone is 1. The van der Waals surface area contributed by atoms with Gasteiger partial charge in [0.25, 0.3) is 0 Å². The van der Waals surface area contributed by atoms with Gasteiger partial charge in [-0.15, -0.1) is 0 Å². The van der Waals surface area contributed by atoms with Crippen molar-refractivity contribution >= 4 is 33.3 Å². The average molecular weight is 344 g/mol. The summed E-state index contributed by atoms with van der Waals surface area (Å²) in [6, 6.07) is 14.5. The minimum Gasteiger partial charge on any atom is -0.323 e. The highest BCUT2D eigenvalue weighted by molar-refractivity contribution is 9.10. The molecule has 3 nitrogen and oxygen atoms in total. The molecule has 106 valence electrons. The molecule has 21 heavy (non-hydrogen) atoms. The SMILES string of the molecule is Cc1cccc(NC(=O)/C=C/C(=O)c2ccc(Br)cc2)c1. The van der Waals surface area contributed by atoms with E-state index < -0.39 is 0 Å². The van der Waals surface area contributed by atoms with Gasteiger partial charge in [-0.1, -0.05) is 28.1 Å². The van der Waals surface area contributed by atoms with Crippen molar-refractivity contribution in [1.82, 2.24) is 0 Å². The molecule has 0 saturated heterocycles. The molecule has 0 unspecified atom stereocenters. The molecule has 1 amide bonds. The molecule has 0 atom stereocenters. The average Bonchev–Trinajstić information content (AvgIpc) is 2.45. The lowest BCUT2D eigenvalue weighted by molar-refractivity contribution is -0.111. The zero-order chi connectivity index (χ0) is 15.2. The number of amides is 1. The van der Waals surface area contributed by atoms with Crippen molar-refractivity contribution in [2.75, 3.05) is 5.32 Å². The van der Waals surface area contributed by atoms with Crippen LogP contribution < -0.4 is 5.32 Å². The fourth-order valence-corrected chi connectivity index (χ4v) is 2.03. The molecular weight excluding hydrogens is 330 g/mol. The van der Waals surface area contributed by atoms with Crippen molar-refractivity contribution in [3.63, 3.8) is 0 Å². The van der Waals surface area contributed by atoms with E-state index in [-0.39, 0.29) is 11.7 Å². The van der Waals surface area contributed by atoms with Gasteiger partial charge in [-0.3, -0.25) is 9.59 Å². The van der Waals surface area contributed by atoms with Crippen molar-refractivity contribution in [3.8, 4) is 0 Å². The molecule has 1 N–H and O–H groups in total. The van der Waals surface area contributed by atoms with E-state index in [1.165, 1.54) is 12.2 Å². The van der Waals surface area contributed by atoms with Crippen molar-refractivity contribution in [3.05, 3.63) is 76.3 Å². The van der Waals surface area contributed by atoms with Gasteiger partial charge in [-0.25, -0.2) is 0 Å². The first-order valence-corrected chi connectivity index (χ1v) is 7.19. The van der Waals surface area contributed by atoms with Crippen LogP contribution in [0.2, 0.25) is 0 Å². The van der Waals surface area contributed by atoms with Gasteiger partial charge in [-0.05, 0) is 55.0 Å². The third-order valence-electron chi connectivity index (χ3n) is 2.80. The Morgan fingerprint density at radius 3 is 2.43 bits per heavy atom. The van der Waals surface area contributed by atoms with E-state index in [4.69, 9.17) is 0 Å². The third kappa shape index (κ3) is 4.68. The Hall–Kier alpha value is -2.20. The number of ketones is 1. The van der Waals surface area contributed by atoms with E-state index in [1.807, 2.05) is 25.1 Å². The smallest absolute Gasteiger partial charge is 0.248 e. The van der Waals surface area contributed by atoms with Gasteiger partial charge in [0, 0.05) is 21.8 Å². The van der Waals surface area contributed by atoms with Gasteiger partial charge in [0.2, 0.25) is 5.91 Å². The standard InChI is InChI=1S/C17H14BrNO2/c1-12-3-2-4-15(11-12)19-17(21)10-9-16(20)13-5-7-14(18)8-6-13/h2-11H,1H3,(H,19,21)/b10-9+. The quantitative estimate of drug-likeness (QED) is 0.669. The summed E-state index contributed by atoms with van der Waals surface area (Å²) in [6.07, 6.45) is 2.51.